The van der Waals surface area contributed by atoms with Crippen LogP contribution in [0, 0.1) is 23.2 Å². The second-order valence-electron chi connectivity index (χ2n) is 9.80. The maximum atomic E-state index is 12.4. The van der Waals surface area contributed by atoms with Crippen LogP contribution in [0.2, 0.25) is 0 Å². The van der Waals surface area contributed by atoms with Gasteiger partial charge in [-0.25, -0.2) is 4.79 Å². The zero-order valence-corrected chi connectivity index (χ0v) is 19.0. The summed E-state index contributed by atoms with van der Waals surface area (Å²) in [5, 5.41) is 3.07. The number of esters is 1. The summed E-state index contributed by atoms with van der Waals surface area (Å²) in [6.07, 6.45) is 10.2. The molecule has 8 heteroatoms. The van der Waals surface area contributed by atoms with Gasteiger partial charge in [0.1, 0.15) is 0 Å². The predicted molar refractivity (Wildman–Crippen MR) is 118 cm³/mol. The average molecular weight is 464 g/mol. The Balaban J connectivity index is 1.26. The molecule has 0 unspecified atom stereocenters. The van der Waals surface area contributed by atoms with E-state index >= 15 is 0 Å². The molecule has 0 spiro atoms. The fourth-order valence-electron chi connectivity index (χ4n) is 6.47. The maximum absolute atomic E-state index is 12.4. The van der Waals surface area contributed by atoms with E-state index in [4.69, 9.17) is 9.47 Å². The summed E-state index contributed by atoms with van der Waals surface area (Å²) in [4.78, 5) is 24.5. The van der Waals surface area contributed by atoms with Crippen LogP contribution in [0.15, 0.2) is 24.3 Å². The minimum atomic E-state index is -2.97. The molecule has 0 radical (unpaired) electrons. The van der Waals surface area contributed by atoms with Crippen LogP contribution >= 0.6 is 0 Å². The van der Waals surface area contributed by atoms with Crippen LogP contribution < -0.4 is 14.8 Å². The van der Waals surface area contributed by atoms with Gasteiger partial charge < -0.3 is 19.5 Å². The highest BCUT2D eigenvalue weighted by Crippen LogP contribution is 2.61. The smallest absolute Gasteiger partial charge is 0.387 e. The molecule has 0 saturated heterocycles. The molecule has 0 aromatic heterocycles. The van der Waals surface area contributed by atoms with Gasteiger partial charge in [-0.1, -0.05) is 6.07 Å². The van der Waals surface area contributed by atoms with Crippen LogP contribution in [0.4, 0.5) is 8.78 Å². The van der Waals surface area contributed by atoms with Crippen LogP contribution in [0.5, 0.6) is 11.5 Å². The molecule has 4 aliphatic rings. The lowest BCUT2D eigenvalue weighted by Gasteiger charge is -2.59. The van der Waals surface area contributed by atoms with E-state index in [1.807, 2.05) is 0 Å². The van der Waals surface area contributed by atoms with Crippen LogP contribution in [0.25, 0.3) is 6.08 Å². The van der Waals surface area contributed by atoms with Gasteiger partial charge in [0.15, 0.2) is 18.1 Å². The second kappa shape index (κ2) is 9.69. The number of halogens is 2. The molecule has 5 rings (SSSR count). The molecule has 4 fully saturated rings. The molecular formula is C25H31F2NO5. The molecule has 0 heterocycles. The number of hydrogen-bond donors (Lipinski definition) is 1. The first-order valence-electron chi connectivity index (χ1n) is 11.5. The van der Waals surface area contributed by atoms with Crippen molar-refractivity contribution in [2.24, 2.45) is 23.2 Å². The summed E-state index contributed by atoms with van der Waals surface area (Å²) in [6.45, 7) is -1.22. The zero-order chi connectivity index (χ0) is 23.6. The number of ether oxygens (including phenoxy) is 3. The highest BCUT2D eigenvalue weighted by Gasteiger charge is 2.53. The van der Waals surface area contributed by atoms with Crippen molar-refractivity contribution in [2.75, 3.05) is 13.7 Å². The summed E-state index contributed by atoms with van der Waals surface area (Å²) in [5.41, 5.74) is 0.721. The van der Waals surface area contributed by atoms with Gasteiger partial charge in [0.05, 0.1) is 7.11 Å². The van der Waals surface area contributed by atoms with Crippen molar-refractivity contribution >= 4 is 18.0 Å². The Morgan fingerprint density at radius 2 is 1.76 bits per heavy atom. The molecular weight excluding hydrogens is 432 g/mol. The summed E-state index contributed by atoms with van der Waals surface area (Å²) in [6, 6.07) is 4.36. The summed E-state index contributed by atoms with van der Waals surface area (Å²) >= 11 is 0. The van der Waals surface area contributed by atoms with Gasteiger partial charge >= 0.3 is 12.6 Å². The maximum Gasteiger partial charge on any atom is 0.387 e. The van der Waals surface area contributed by atoms with Crippen molar-refractivity contribution in [3.63, 3.8) is 0 Å². The largest absolute Gasteiger partial charge is 0.493 e. The number of carbonyl (C=O) groups is 2. The molecule has 33 heavy (non-hydrogen) atoms. The zero-order valence-electron chi connectivity index (χ0n) is 19.0. The van der Waals surface area contributed by atoms with E-state index in [9.17, 15) is 18.4 Å². The summed E-state index contributed by atoms with van der Waals surface area (Å²) in [5.74, 6) is 1.45. The number of nitrogens with one attached hydrogen (secondary N) is 1. The molecule has 1 amide bonds. The predicted octanol–water partition coefficient (Wildman–Crippen LogP) is 4.57. The SMILES string of the molecule is COc1cc(/C=C/C(=O)OCC(=O)N[C@H](C)C23CC4CC(CC(C4)C2)C3)ccc1OC(F)F. The van der Waals surface area contributed by atoms with Crippen molar-refractivity contribution in [3.05, 3.63) is 29.8 Å². The van der Waals surface area contributed by atoms with Gasteiger partial charge in [-0.3, -0.25) is 4.79 Å². The quantitative estimate of drug-likeness (QED) is 0.429. The first kappa shape index (κ1) is 23.5. The first-order chi connectivity index (χ1) is 15.8. The van der Waals surface area contributed by atoms with E-state index in [0.717, 1.165) is 17.8 Å². The van der Waals surface area contributed by atoms with E-state index in [0.29, 0.717) is 5.56 Å². The monoisotopic (exact) mass is 463 g/mol. The van der Waals surface area contributed by atoms with Gasteiger partial charge in [-0.2, -0.15) is 8.78 Å². The van der Waals surface area contributed by atoms with Crippen molar-refractivity contribution in [3.8, 4) is 11.5 Å². The number of methoxy groups -OCH3 is 1. The van der Waals surface area contributed by atoms with Crippen LogP contribution in [-0.4, -0.2) is 38.2 Å². The third-order valence-corrected chi connectivity index (χ3v) is 7.54. The molecule has 4 bridgehead atoms. The van der Waals surface area contributed by atoms with E-state index < -0.39 is 12.6 Å². The standard InChI is InChI=1S/C25H31F2NO5/c1-15(25-11-17-7-18(12-25)9-19(8-17)13-25)28-22(29)14-32-23(30)6-4-16-3-5-20(33-24(26)27)21(10-16)31-2/h3-6,10,15,17-19,24H,7-9,11-14H2,1-2H3,(H,28,29)/b6-4+/t15-,17?,18?,19?,25?/m1/s1. The first-order valence-corrected chi connectivity index (χ1v) is 11.5. The third-order valence-electron chi connectivity index (χ3n) is 7.54. The molecule has 0 aliphatic heterocycles. The topological polar surface area (TPSA) is 73.9 Å². The Kier molecular flexibility index (Phi) is 6.91. The van der Waals surface area contributed by atoms with Crippen molar-refractivity contribution < 1.29 is 32.6 Å². The van der Waals surface area contributed by atoms with E-state index in [2.05, 4.69) is 17.0 Å². The fraction of sp³-hybridized carbons (Fsp3) is 0.600. The molecule has 4 saturated carbocycles. The minimum Gasteiger partial charge on any atom is -0.493 e. The van der Waals surface area contributed by atoms with E-state index in [-0.39, 0.29) is 35.5 Å². The number of hydrogen-bond acceptors (Lipinski definition) is 5. The Bertz CT molecular complexity index is 881. The van der Waals surface area contributed by atoms with Gasteiger partial charge in [-0.05, 0) is 92.4 Å². The Labute approximate surface area is 192 Å². The molecule has 1 aromatic carbocycles. The van der Waals surface area contributed by atoms with Crippen LogP contribution in [0.1, 0.15) is 51.0 Å². The summed E-state index contributed by atoms with van der Waals surface area (Å²) in [7, 11) is 1.33. The Hall–Kier alpha value is -2.64. The number of benzene rings is 1. The van der Waals surface area contributed by atoms with E-state index in [1.165, 1.54) is 76.0 Å². The number of carbonyl (C=O) groups excluding carboxylic acids is 2. The Morgan fingerprint density at radius 1 is 1.12 bits per heavy atom. The lowest BCUT2D eigenvalue weighted by atomic mass is 9.48. The van der Waals surface area contributed by atoms with Crippen molar-refractivity contribution in [2.45, 2.75) is 58.1 Å². The average Bonchev–Trinajstić information content (AvgIpc) is 2.75. The highest BCUT2D eigenvalue weighted by molar-refractivity contribution is 5.89. The van der Waals surface area contributed by atoms with Gasteiger partial charge in [0.2, 0.25) is 0 Å². The molecule has 1 atom stereocenters. The van der Waals surface area contributed by atoms with Crippen molar-refractivity contribution in [1.82, 2.24) is 5.32 Å². The number of rotatable bonds is 9. The van der Waals surface area contributed by atoms with Crippen LogP contribution in [-0.2, 0) is 14.3 Å². The second-order valence-corrected chi connectivity index (χ2v) is 9.80. The number of alkyl halides is 2. The third kappa shape index (κ3) is 5.47. The van der Waals surface area contributed by atoms with Gasteiger partial charge in [-0.15, -0.1) is 0 Å². The molecule has 6 nitrogen and oxygen atoms in total. The number of amides is 1. The molecule has 180 valence electrons. The summed E-state index contributed by atoms with van der Waals surface area (Å²) < 4.78 is 39.3. The van der Waals surface area contributed by atoms with Crippen molar-refractivity contribution in [1.29, 1.82) is 0 Å². The minimum absolute atomic E-state index is 0.0640. The van der Waals surface area contributed by atoms with Crippen LogP contribution in [0.3, 0.4) is 0 Å². The highest BCUT2D eigenvalue weighted by atomic mass is 19.3. The van der Waals surface area contributed by atoms with E-state index in [1.54, 1.807) is 0 Å². The van der Waals surface area contributed by atoms with Gasteiger partial charge in [0, 0.05) is 12.1 Å². The van der Waals surface area contributed by atoms with Gasteiger partial charge in [0.25, 0.3) is 5.91 Å². The molecule has 1 aromatic rings. The molecule has 1 N–H and O–H groups in total. The lowest BCUT2D eigenvalue weighted by Crippen LogP contribution is -2.56. The molecule has 4 aliphatic carbocycles. The fourth-order valence-corrected chi connectivity index (χ4v) is 6.47. The lowest BCUT2D eigenvalue weighted by molar-refractivity contribution is -0.145. The normalized spacial score (nSPS) is 28.7. The Morgan fingerprint density at radius 3 is 2.33 bits per heavy atom.